The van der Waals surface area contributed by atoms with Crippen molar-refractivity contribution in [3.05, 3.63) is 29.8 Å². The molecule has 1 rings (SSSR count). The van der Waals surface area contributed by atoms with Crippen LogP contribution in [0, 0.1) is 5.92 Å². The predicted octanol–water partition coefficient (Wildman–Crippen LogP) is 2.84. The molecule has 0 aromatic heterocycles. The molecule has 0 fully saturated rings. The number of halogens is 2. The third-order valence-corrected chi connectivity index (χ3v) is 3.50. The Hall–Kier alpha value is -1.69. The lowest BCUT2D eigenvalue weighted by Crippen LogP contribution is -2.45. The SMILES string of the molecule is CC[C@H](C)[C@H](N)C(=O)NC(C)c1cccc(OC(F)F)c1. The second-order valence-electron chi connectivity index (χ2n) is 5.09. The summed E-state index contributed by atoms with van der Waals surface area (Å²) in [5.41, 5.74) is 6.54. The summed E-state index contributed by atoms with van der Waals surface area (Å²) in [7, 11) is 0. The third-order valence-electron chi connectivity index (χ3n) is 3.50. The molecule has 3 N–H and O–H groups in total. The summed E-state index contributed by atoms with van der Waals surface area (Å²) >= 11 is 0. The molecule has 1 amide bonds. The first-order valence-corrected chi connectivity index (χ1v) is 6.95. The van der Waals surface area contributed by atoms with E-state index in [1.54, 1.807) is 19.1 Å². The van der Waals surface area contributed by atoms with Gasteiger partial charge in [-0.2, -0.15) is 8.78 Å². The molecule has 1 unspecified atom stereocenters. The van der Waals surface area contributed by atoms with Gasteiger partial charge in [-0.05, 0) is 30.5 Å². The number of carbonyl (C=O) groups is 1. The van der Waals surface area contributed by atoms with Crippen LogP contribution in [-0.4, -0.2) is 18.6 Å². The van der Waals surface area contributed by atoms with E-state index in [1.807, 2.05) is 13.8 Å². The summed E-state index contributed by atoms with van der Waals surface area (Å²) in [5, 5.41) is 2.78. The molecular formula is C15H22F2N2O2. The predicted molar refractivity (Wildman–Crippen MR) is 77.1 cm³/mol. The Morgan fingerprint density at radius 3 is 2.62 bits per heavy atom. The number of amides is 1. The zero-order valence-electron chi connectivity index (χ0n) is 12.5. The van der Waals surface area contributed by atoms with E-state index in [9.17, 15) is 13.6 Å². The molecule has 0 radical (unpaired) electrons. The normalized spacial score (nSPS) is 15.4. The Kier molecular flexibility index (Phi) is 6.55. The van der Waals surface area contributed by atoms with Crippen LogP contribution in [0.2, 0.25) is 0 Å². The maximum Gasteiger partial charge on any atom is 0.387 e. The minimum atomic E-state index is -2.87. The van der Waals surface area contributed by atoms with Gasteiger partial charge in [-0.15, -0.1) is 0 Å². The Bertz CT molecular complexity index is 469. The van der Waals surface area contributed by atoms with E-state index in [2.05, 4.69) is 10.1 Å². The maximum atomic E-state index is 12.2. The first-order valence-electron chi connectivity index (χ1n) is 6.95. The highest BCUT2D eigenvalue weighted by molar-refractivity contribution is 5.82. The van der Waals surface area contributed by atoms with E-state index >= 15 is 0 Å². The molecule has 6 heteroatoms. The lowest BCUT2D eigenvalue weighted by Gasteiger charge is -2.21. The minimum Gasteiger partial charge on any atom is -0.435 e. The van der Waals surface area contributed by atoms with Crippen molar-refractivity contribution in [3.8, 4) is 5.75 Å². The van der Waals surface area contributed by atoms with Crippen molar-refractivity contribution in [3.63, 3.8) is 0 Å². The number of rotatable bonds is 7. The molecule has 0 spiro atoms. The van der Waals surface area contributed by atoms with Gasteiger partial charge in [-0.25, -0.2) is 0 Å². The summed E-state index contributed by atoms with van der Waals surface area (Å²) in [6.45, 7) is 2.77. The molecule has 0 aliphatic rings. The summed E-state index contributed by atoms with van der Waals surface area (Å²) in [5.74, 6) is -0.113. The van der Waals surface area contributed by atoms with Gasteiger partial charge in [0.1, 0.15) is 5.75 Å². The molecule has 0 bridgehead atoms. The quantitative estimate of drug-likeness (QED) is 0.814. The largest absolute Gasteiger partial charge is 0.435 e. The van der Waals surface area contributed by atoms with E-state index in [0.717, 1.165) is 6.42 Å². The zero-order valence-corrected chi connectivity index (χ0v) is 12.5. The maximum absolute atomic E-state index is 12.2. The van der Waals surface area contributed by atoms with Crippen LogP contribution >= 0.6 is 0 Å². The number of carbonyl (C=O) groups excluding carboxylic acids is 1. The first-order chi connectivity index (χ1) is 9.85. The standard InChI is InChI=1S/C15H22F2N2O2/c1-4-9(2)13(18)14(20)19-10(3)11-6-5-7-12(8-11)21-15(16)17/h5-10,13,15H,4,18H2,1-3H3,(H,19,20)/t9-,10?,13-/m0/s1. The highest BCUT2D eigenvalue weighted by atomic mass is 19.3. The molecule has 0 aliphatic heterocycles. The number of hydrogen-bond donors (Lipinski definition) is 2. The summed E-state index contributed by atoms with van der Waals surface area (Å²) in [6.07, 6.45) is 0.806. The number of nitrogens with one attached hydrogen (secondary N) is 1. The van der Waals surface area contributed by atoms with Crippen molar-refractivity contribution in [2.24, 2.45) is 11.7 Å². The first kappa shape index (κ1) is 17.4. The molecule has 21 heavy (non-hydrogen) atoms. The second kappa shape index (κ2) is 7.93. The van der Waals surface area contributed by atoms with Crippen molar-refractivity contribution in [2.45, 2.75) is 45.9 Å². The number of hydrogen-bond acceptors (Lipinski definition) is 3. The molecular weight excluding hydrogens is 278 g/mol. The highest BCUT2D eigenvalue weighted by Crippen LogP contribution is 2.21. The molecule has 0 saturated carbocycles. The van der Waals surface area contributed by atoms with Gasteiger partial charge in [-0.3, -0.25) is 4.79 Å². The average Bonchev–Trinajstić information content (AvgIpc) is 2.45. The monoisotopic (exact) mass is 300 g/mol. The molecule has 1 aromatic rings. The van der Waals surface area contributed by atoms with Crippen molar-refractivity contribution in [2.75, 3.05) is 0 Å². The Balaban J connectivity index is 2.71. The van der Waals surface area contributed by atoms with E-state index in [4.69, 9.17) is 5.73 Å². The van der Waals surface area contributed by atoms with E-state index in [1.165, 1.54) is 12.1 Å². The van der Waals surface area contributed by atoms with Crippen LogP contribution in [0.3, 0.4) is 0 Å². The topological polar surface area (TPSA) is 64.4 Å². The van der Waals surface area contributed by atoms with Gasteiger partial charge in [0.15, 0.2) is 0 Å². The molecule has 3 atom stereocenters. The number of alkyl halides is 2. The van der Waals surface area contributed by atoms with Gasteiger partial charge in [0.25, 0.3) is 0 Å². The Morgan fingerprint density at radius 1 is 1.38 bits per heavy atom. The summed E-state index contributed by atoms with van der Waals surface area (Å²) in [4.78, 5) is 12.0. The van der Waals surface area contributed by atoms with Crippen molar-refractivity contribution < 1.29 is 18.3 Å². The Morgan fingerprint density at radius 2 is 2.05 bits per heavy atom. The van der Waals surface area contributed by atoms with Crippen LogP contribution in [0.25, 0.3) is 0 Å². The van der Waals surface area contributed by atoms with Gasteiger partial charge in [-0.1, -0.05) is 32.4 Å². The molecule has 1 aromatic carbocycles. The molecule has 0 aliphatic carbocycles. The van der Waals surface area contributed by atoms with Crippen molar-refractivity contribution in [1.29, 1.82) is 0 Å². The van der Waals surface area contributed by atoms with Crippen LogP contribution in [0.15, 0.2) is 24.3 Å². The molecule has 0 saturated heterocycles. The van der Waals surface area contributed by atoms with Crippen LogP contribution < -0.4 is 15.8 Å². The van der Waals surface area contributed by atoms with Gasteiger partial charge >= 0.3 is 6.61 Å². The third kappa shape index (κ3) is 5.30. The fourth-order valence-corrected chi connectivity index (χ4v) is 1.87. The highest BCUT2D eigenvalue weighted by Gasteiger charge is 2.21. The van der Waals surface area contributed by atoms with E-state index < -0.39 is 12.7 Å². The Labute approximate surface area is 123 Å². The van der Waals surface area contributed by atoms with Gasteiger partial charge in [0.05, 0.1) is 12.1 Å². The number of benzene rings is 1. The fraction of sp³-hybridized carbons (Fsp3) is 0.533. The van der Waals surface area contributed by atoms with Crippen LogP contribution in [0.1, 0.15) is 38.8 Å². The number of nitrogens with two attached hydrogens (primary N) is 1. The van der Waals surface area contributed by atoms with Crippen molar-refractivity contribution in [1.82, 2.24) is 5.32 Å². The van der Waals surface area contributed by atoms with Crippen LogP contribution in [-0.2, 0) is 4.79 Å². The van der Waals surface area contributed by atoms with Gasteiger partial charge < -0.3 is 15.8 Å². The average molecular weight is 300 g/mol. The number of ether oxygens (including phenoxy) is 1. The van der Waals surface area contributed by atoms with Crippen LogP contribution in [0.5, 0.6) is 5.75 Å². The molecule has 0 heterocycles. The van der Waals surface area contributed by atoms with Crippen molar-refractivity contribution >= 4 is 5.91 Å². The minimum absolute atomic E-state index is 0.0647. The summed E-state index contributed by atoms with van der Waals surface area (Å²) < 4.78 is 28.7. The molecule has 4 nitrogen and oxygen atoms in total. The lowest BCUT2D eigenvalue weighted by molar-refractivity contribution is -0.124. The second-order valence-corrected chi connectivity index (χ2v) is 5.09. The van der Waals surface area contributed by atoms with E-state index in [0.29, 0.717) is 5.56 Å². The smallest absolute Gasteiger partial charge is 0.387 e. The lowest BCUT2D eigenvalue weighted by atomic mass is 9.98. The fourth-order valence-electron chi connectivity index (χ4n) is 1.87. The van der Waals surface area contributed by atoms with E-state index in [-0.39, 0.29) is 23.6 Å². The van der Waals surface area contributed by atoms with Crippen LogP contribution in [0.4, 0.5) is 8.78 Å². The summed E-state index contributed by atoms with van der Waals surface area (Å²) in [6, 6.07) is 5.33. The zero-order chi connectivity index (χ0) is 16.0. The van der Waals surface area contributed by atoms with Gasteiger partial charge in [0.2, 0.25) is 5.91 Å². The van der Waals surface area contributed by atoms with Gasteiger partial charge in [0, 0.05) is 0 Å². The molecule has 118 valence electrons.